The van der Waals surface area contributed by atoms with E-state index >= 15 is 0 Å². The minimum Gasteiger partial charge on any atom is -0.299 e. The van der Waals surface area contributed by atoms with Crippen LogP contribution in [0.3, 0.4) is 0 Å². The summed E-state index contributed by atoms with van der Waals surface area (Å²) in [6.45, 7) is 0. The van der Waals surface area contributed by atoms with Gasteiger partial charge in [-0.05, 0) is 17.7 Å². The Morgan fingerprint density at radius 1 is 0.514 bits per heavy atom. The van der Waals surface area contributed by atoms with Gasteiger partial charge in [0.25, 0.3) is 7.14 Å². The highest BCUT2D eigenvalue weighted by Gasteiger charge is 2.41. The molecule has 1 aromatic heterocycles. The fraction of sp³-hybridized carbons (Fsp3) is 0. The first-order chi connectivity index (χ1) is 17.7. The lowest BCUT2D eigenvalue weighted by molar-refractivity contribution is -2.00. The Hall–Kier alpha value is -3.61. The molecular weight excluding hydrogens is 511 g/mol. The van der Waals surface area contributed by atoms with E-state index in [0.717, 1.165) is 27.3 Å². The van der Waals surface area contributed by atoms with Crippen LogP contribution >= 0.6 is 7.14 Å². The van der Waals surface area contributed by atoms with Crippen molar-refractivity contribution in [3.8, 4) is 22.5 Å². The first-order valence-electron chi connectivity index (χ1n) is 11.2. The summed E-state index contributed by atoms with van der Waals surface area (Å²) in [6, 6.07) is 43.3. The molecule has 186 valence electrons. The number of hydrogen-bond donors (Lipinski definition) is 0. The second kappa shape index (κ2) is 11.6. The lowest BCUT2D eigenvalue weighted by Gasteiger charge is -2.17. The van der Waals surface area contributed by atoms with Crippen molar-refractivity contribution in [2.75, 3.05) is 0 Å². The van der Waals surface area contributed by atoms with Crippen LogP contribution in [0.4, 0.5) is 0 Å². The average molecular weight is 533 g/mol. The molecule has 0 radical (unpaired) electrons. The van der Waals surface area contributed by atoms with Crippen LogP contribution in [0.2, 0.25) is 0 Å². The molecule has 0 fully saturated rings. The van der Waals surface area contributed by atoms with Gasteiger partial charge in [-0.1, -0.05) is 109 Å². The summed E-state index contributed by atoms with van der Waals surface area (Å²) in [7, 11) is -8.18. The van der Waals surface area contributed by atoms with E-state index < -0.39 is 17.4 Å². The van der Waals surface area contributed by atoms with Gasteiger partial charge in [0.1, 0.15) is 0 Å². The Bertz CT molecular complexity index is 1370. The molecule has 0 saturated carbocycles. The van der Waals surface area contributed by atoms with E-state index in [1.807, 2.05) is 121 Å². The molecule has 5 aromatic rings. The van der Waals surface area contributed by atoms with Crippen LogP contribution in [0.5, 0.6) is 0 Å². The monoisotopic (exact) mass is 532 g/mol. The highest BCUT2D eigenvalue weighted by atomic mass is 35.7. The van der Waals surface area contributed by atoms with Gasteiger partial charge in [0.2, 0.25) is 0 Å². The van der Waals surface area contributed by atoms with Gasteiger partial charge in [0.05, 0.1) is 17.7 Å². The third-order valence-electron chi connectivity index (χ3n) is 5.50. The zero-order valence-electron chi connectivity index (χ0n) is 19.5. The van der Waals surface area contributed by atoms with Crippen LogP contribution in [0.1, 0.15) is 0 Å². The van der Waals surface area contributed by atoms with Gasteiger partial charge in [-0.25, -0.2) is 23.1 Å². The van der Waals surface area contributed by atoms with Crippen LogP contribution in [-0.2, 0) is 4.57 Å². The molecule has 1 heterocycles. The molecular formula is C29H22ClO6P. The molecule has 0 saturated heterocycles. The number of benzene rings is 4. The van der Waals surface area contributed by atoms with Crippen LogP contribution in [0.15, 0.2) is 138 Å². The molecule has 6 nitrogen and oxygen atoms in total. The van der Waals surface area contributed by atoms with Crippen molar-refractivity contribution in [1.29, 1.82) is 0 Å². The van der Waals surface area contributed by atoms with Gasteiger partial charge < -0.3 is 0 Å². The fourth-order valence-corrected chi connectivity index (χ4v) is 6.40. The quantitative estimate of drug-likeness (QED) is 0.251. The van der Waals surface area contributed by atoms with Crippen LogP contribution in [0, 0.1) is 10.2 Å². The van der Waals surface area contributed by atoms with Crippen molar-refractivity contribution in [2.45, 2.75) is 0 Å². The van der Waals surface area contributed by atoms with Crippen molar-refractivity contribution < 1.29 is 37.9 Å². The van der Waals surface area contributed by atoms with Crippen molar-refractivity contribution in [2.24, 2.45) is 0 Å². The maximum atomic E-state index is 14.9. The fourth-order valence-electron chi connectivity index (χ4n) is 3.86. The minimum atomic E-state index is -4.94. The second-order valence-corrected chi connectivity index (χ2v) is 11.4. The third kappa shape index (κ3) is 6.79. The van der Waals surface area contributed by atoms with E-state index in [2.05, 4.69) is 12.1 Å². The highest BCUT2D eigenvalue weighted by molar-refractivity contribution is 7.85. The lowest BCUT2D eigenvalue weighted by Crippen LogP contribution is -2.68. The summed E-state index contributed by atoms with van der Waals surface area (Å²) in [5.41, 5.74) is 3.43. The predicted molar refractivity (Wildman–Crippen MR) is 133 cm³/mol. The summed E-state index contributed by atoms with van der Waals surface area (Å²) in [4.78, 5) is 0. The molecule has 0 unspecified atom stereocenters. The predicted octanol–water partition coefficient (Wildman–Crippen LogP) is 1.78. The van der Waals surface area contributed by atoms with Gasteiger partial charge >= 0.3 is 11.3 Å². The second-order valence-electron chi connectivity index (χ2n) is 7.94. The van der Waals surface area contributed by atoms with Gasteiger partial charge in [0, 0.05) is 16.2 Å². The molecule has 0 aliphatic rings. The molecule has 0 spiro atoms. The van der Waals surface area contributed by atoms with Crippen molar-refractivity contribution in [1.82, 2.24) is 0 Å². The number of hydrogen-bond acceptors (Lipinski definition) is 5. The Balaban J connectivity index is 0.000000586. The van der Waals surface area contributed by atoms with Crippen LogP contribution in [-0.4, -0.2) is 0 Å². The first kappa shape index (κ1) is 26.5. The van der Waals surface area contributed by atoms with Gasteiger partial charge in [-0.3, -0.25) is 4.57 Å². The highest BCUT2D eigenvalue weighted by Crippen LogP contribution is 2.44. The minimum absolute atomic E-state index is 0.468. The summed E-state index contributed by atoms with van der Waals surface area (Å²) in [5.74, 6) is 0.689. The van der Waals surface area contributed by atoms with Gasteiger partial charge in [-0.2, -0.15) is 0 Å². The molecule has 8 heteroatoms. The molecule has 0 atom stereocenters. The lowest BCUT2D eigenvalue weighted by atomic mass is 10.0. The molecule has 4 aromatic carbocycles. The van der Waals surface area contributed by atoms with Crippen LogP contribution < -0.4 is 34.7 Å². The van der Waals surface area contributed by atoms with E-state index in [1.165, 1.54) is 0 Å². The Labute approximate surface area is 216 Å². The third-order valence-corrected chi connectivity index (χ3v) is 8.39. The normalized spacial score (nSPS) is 11.4. The molecule has 0 aliphatic carbocycles. The van der Waals surface area contributed by atoms with E-state index in [0.29, 0.717) is 11.3 Å². The molecule has 0 amide bonds. The average Bonchev–Trinajstić information content (AvgIpc) is 2.93. The first-order valence-corrected chi connectivity index (χ1v) is 14.1. The maximum Gasteiger partial charge on any atom is 0.393 e. The van der Waals surface area contributed by atoms with Gasteiger partial charge in [-0.15, -0.1) is 10.2 Å². The number of rotatable bonds is 5. The summed E-state index contributed by atoms with van der Waals surface area (Å²) in [6.07, 6.45) is 0. The molecule has 37 heavy (non-hydrogen) atoms. The summed E-state index contributed by atoms with van der Waals surface area (Å²) in [5, 5.41) is 1.50. The van der Waals surface area contributed by atoms with E-state index in [9.17, 15) is 4.57 Å². The largest absolute Gasteiger partial charge is 0.393 e. The molecule has 5 rings (SSSR count). The molecule has 0 bridgehead atoms. The van der Waals surface area contributed by atoms with Gasteiger partial charge in [0.15, 0.2) is 0 Å². The Morgan fingerprint density at radius 3 is 1.32 bits per heavy atom. The van der Waals surface area contributed by atoms with Crippen molar-refractivity contribution in [3.63, 3.8) is 0 Å². The van der Waals surface area contributed by atoms with E-state index in [-0.39, 0.29) is 0 Å². The van der Waals surface area contributed by atoms with Crippen LogP contribution in [0.25, 0.3) is 22.5 Å². The van der Waals surface area contributed by atoms with E-state index in [1.54, 1.807) is 0 Å². The topological polar surface area (TPSA) is 121 Å². The Morgan fingerprint density at radius 2 is 0.892 bits per heavy atom. The van der Waals surface area contributed by atoms with E-state index in [4.69, 9.17) is 23.1 Å². The van der Waals surface area contributed by atoms with Crippen molar-refractivity contribution in [3.05, 3.63) is 133 Å². The zero-order valence-corrected chi connectivity index (χ0v) is 21.1. The summed E-state index contributed by atoms with van der Waals surface area (Å²) < 4.78 is 55.3. The number of halogens is 1. The molecule has 0 aliphatic heterocycles. The summed E-state index contributed by atoms with van der Waals surface area (Å²) >= 11 is 0. The van der Waals surface area contributed by atoms with Crippen molar-refractivity contribution >= 4 is 23.3 Å². The standard InChI is InChI=1S/C29H22O2P.ClHO4/c30-32(26-17-9-3-10-18-26,27-19-11-4-12-20-27)29-22-25(23-13-5-1-6-14-23)21-28(31-29)24-15-7-2-8-16-24;2-1(3,4)5/h1-22H;(H,2,3,4,5)/q+1;/p-1. The zero-order chi connectivity index (χ0) is 26.3. The SMILES string of the molecule is O=P(c1ccccc1)(c1ccccc1)c1cc(-c2ccccc2)cc(-c2ccccc2)[o+]1.[O-][Cl+3]([O-])([O-])[O-]. The smallest absolute Gasteiger partial charge is 0.299 e. The maximum absolute atomic E-state index is 14.9. The molecule has 0 N–H and O–H groups in total. The Kier molecular flexibility index (Phi) is 8.31.